The zero-order chi connectivity index (χ0) is 20.9. The van der Waals surface area contributed by atoms with E-state index >= 15 is 0 Å². The second kappa shape index (κ2) is 9.58. The molecule has 0 radical (unpaired) electrons. The molecule has 2 saturated heterocycles. The van der Waals surface area contributed by atoms with Crippen molar-refractivity contribution in [1.82, 2.24) is 14.7 Å². The summed E-state index contributed by atoms with van der Waals surface area (Å²) >= 11 is 0. The number of piperazine rings is 2. The lowest BCUT2D eigenvalue weighted by atomic mass is 10.1. The van der Waals surface area contributed by atoms with Gasteiger partial charge in [-0.25, -0.2) is 4.39 Å². The van der Waals surface area contributed by atoms with Crippen molar-refractivity contribution in [1.29, 1.82) is 0 Å². The molecular formula is C24H31FN4O. The molecule has 0 aliphatic carbocycles. The fourth-order valence-corrected chi connectivity index (χ4v) is 4.41. The molecule has 30 heavy (non-hydrogen) atoms. The summed E-state index contributed by atoms with van der Waals surface area (Å²) in [5.41, 5.74) is 2.37. The number of amides is 1. The quantitative estimate of drug-likeness (QED) is 0.758. The molecule has 0 spiro atoms. The minimum absolute atomic E-state index is 0.0963. The van der Waals surface area contributed by atoms with Crippen LogP contribution in [0, 0.1) is 5.82 Å². The predicted molar refractivity (Wildman–Crippen MR) is 118 cm³/mol. The maximum absolute atomic E-state index is 13.1. The molecule has 0 N–H and O–H groups in total. The summed E-state index contributed by atoms with van der Waals surface area (Å²) in [5, 5.41) is 0. The number of carbonyl (C=O) groups is 1. The Kier molecular flexibility index (Phi) is 6.65. The van der Waals surface area contributed by atoms with E-state index in [0.29, 0.717) is 0 Å². The molecule has 2 aliphatic rings. The molecule has 1 unspecified atom stereocenters. The Labute approximate surface area is 178 Å². The lowest BCUT2D eigenvalue weighted by molar-refractivity contribution is -0.138. The van der Waals surface area contributed by atoms with E-state index in [4.69, 9.17) is 0 Å². The first-order valence-electron chi connectivity index (χ1n) is 10.9. The number of hydrogen-bond acceptors (Lipinski definition) is 4. The summed E-state index contributed by atoms with van der Waals surface area (Å²) in [5.74, 6) is 0.0325. The molecule has 2 heterocycles. The molecule has 2 aliphatic heterocycles. The first-order chi connectivity index (χ1) is 14.6. The lowest BCUT2D eigenvalue weighted by Crippen LogP contribution is -2.57. The van der Waals surface area contributed by atoms with Crippen LogP contribution in [0.5, 0.6) is 0 Å². The van der Waals surface area contributed by atoms with E-state index in [1.807, 2.05) is 30.0 Å². The largest absolute Gasteiger partial charge is 0.369 e. The molecule has 2 aromatic carbocycles. The van der Waals surface area contributed by atoms with Gasteiger partial charge in [0.2, 0.25) is 5.91 Å². The number of anilines is 1. The van der Waals surface area contributed by atoms with Crippen LogP contribution >= 0.6 is 0 Å². The molecule has 1 atom stereocenters. The van der Waals surface area contributed by atoms with Gasteiger partial charge in [0.25, 0.3) is 0 Å². The van der Waals surface area contributed by atoms with Crippen LogP contribution in [0.3, 0.4) is 0 Å². The molecule has 2 fully saturated rings. The van der Waals surface area contributed by atoms with Crippen LogP contribution in [0.2, 0.25) is 0 Å². The second-order valence-electron chi connectivity index (χ2n) is 8.26. The van der Waals surface area contributed by atoms with Crippen LogP contribution in [-0.4, -0.2) is 79.0 Å². The standard InChI is InChI=1S/C24H31FN4O/c1-20(27-15-17-28(18-16-27)23-9-7-22(25)8-10-23)24(30)29-13-11-26(12-14-29)19-21-5-3-2-4-6-21/h2-10,20H,11-19H2,1H3. The van der Waals surface area contributed by atoms with E-state index in [0.717, 1.165) is 64.6 Å². The Morgan fingerprint density at radius 1 is 0.867 bits per heavy atom. The third-order valence-electron chi connectivity index (χ3n) is 6.34. The zero-order valence-corrected chi connectivity index (χ0v) is 17.7. The van der Waals surface area contributed by atoms with E-state index in [1.165, 1.54) is 17.7 Å². The minimum atomic E-state index is -0.208. The minimum Gasteiger partial charge on any atom is -0.369 e. The van der Waals surface area contributed by atoms with E-state index < -0.39 is 0 Å². The molecule has 0 aromatic heterocycles. The Bertz CT molecular complexity index is 813. The van der Waals surface area contributed by atoms with Crippen molar-refractivity contribution in [3.63, 3.8) is 0 Å². The van der Waals surface area contributed by atoms with E-state index in [-0.39, 0.29) is 17.8 Å². The van der Waals surface area contributed by atoms with Crippen LogP contribution in [-0.2, 0) is 11.3 Å². The summed E-state index contributed by atoms with van der Waals surface area (Å²) in [7, 11) is 0. The van der Waals surface area contributed by atoms with Crippen molar-refractivity contribution in [3.8, 4) is 0 Å². The van der Waals surface area contributed by atoms with Crippen molar-refractivity contribution in [3.05, 3.63) is 66.0 Å². The van der Waals surface area contributed by atoms with Gasteiger partial charge in [-0.3, -0.25) is 14.6 Å². The highest BCUT2D eigenvalue weighted by Gasteiger charge is 2.30. The first kappa shape index (κ1) is 20.8. The molecule has 0 bridgehead atoms. The SMILES string of the molecule is CC(C(=O)N1CCN(Cc2ccccc2)CC1)N1CCN(c2ccc(F)cc2)CC1. The Hall–Kier alpha value is -2.44. The van der Waals surface area contributed by atoms with Crippen molar-refractivity contribution < 1.29 is 9.18 Å². The maximum atomic E-state index is 13.1. The molecule has 1 amide bonds. The predicted octanol–water partition coefficient (Wildman–Crippen LogP) is 2.68. The van der Waals surface area contributed by atoms with Gasteiger partial charge in [-0.2, -0.15) is 0 Å². The Morgan fingerprint density at radius 2 is 1.50 bits per heavy atom. The van der Waals surface area contributed by atoms with Gasteiger partial charge in [-0.1, -0.05) is 30.3 Å². The van der Waals surface area contributed by atoms with Crippen molar-refractivity contribution in [2.45, 2.75) is 19.5 Å². The summed E-state index contributed by atoms with van der Waals surface area (Å²) < 4.78 is 13.1. The van der Waals surface area contributed by atoms with Gasteiger partial charge in [0, 0.05) is 64.6 Å². The molecular weight excluding hydrogens is 379 g/mol. The second-order valence-corrected chi connectivity index (χ2v) is 8.26. The molecule has 6 heteroatoms. The van der Waals surface area contributed by atoms with Crippen LogP contribution in [0.25, 0.3) is 0 Å². The number of carbonyl (C=O) groups excluding carboxylic acids is 1. The van der Waals surface area contributed by atoms with Gasteiger partial charge in [0.1, 0.15) is 5.82 Å². The van der Waals surface area contributed by atoms with Gasteiger partial charge >= 0.3 is 0 Å². The van der Waals surface area contributed by atoms with Gasteiger partial charge in [0.15, 0.2) is 0 Å². The molecule has 2 aromatic rings. The van der Waals surface area contributed by atoms with Gasteiger partial charge in [-0.15, -0.1) is 0 Å². The summed E-state index contributed by atoms with van der Waals surface area (Å²) in [4.78, 5) is 22.0. The highest BCUT2D eigenvalue weighted by Crippen LogP contribution is 2.19. The van der Waals surface area contributed by atoms with Gasteiger partial charge < -0.3 is 9.80 Å². The fraction of sp³-hybridized carbons (Fsp3) is 0.458. The van der Waals surface area contributed by atoms with Crippen LogP contribution in [0.1, 0.15) is 12.5 Å². The zero-order valence-electron chi connectivity index (χ0n) is 17.7. The smallest absolute Gasteiger partial charge is 0.239 e. The Morgan fingerprint density at radius 3 is 2.13 bits per heavy atom. The maximum Gasteiger partial charge on any atom is 0.239 e. The van der Waals surface area contributed by atoms with Crippen molar-refractivity contribution >= 4 is 11.6 Å². The number of benzene rings is 2. The first-order valence-corrected chi connectivity index (χ1v) is 10.9. The average molecular weight is 411 g/mol. The summed E-state index contributed by atoms with van der Waals surface area (Å²) in [6, 6.07) is 17.1. The Balaban J connectivity index is 1.24. The number of nitrogens with zero attached hydrogens (tertiary/aromatic N) is 4. The number of halogens is 1. The van der Waals surface area contributed by atoms with Crippen LogP contribution in [0.4, 0.5) is 10.1 Å². The molecule has 5 nitrogen and oxygen atoms in total. The van der Waals surface area contributed by atoms with E-state index in [1.54, 1.807) is 0 Å². The van der Waals surface area contributed by atoms with Crippen molar-refractivity contribution in [2.24, 2.45) is 0 Å². The van der Waals surface area contributed by atoms with E-state index in [9.17, 15) is 9.18 Å². The average Bonchev–Trinajstić information content (AvgIpc) is 2.80. The fourth-order valence-electron chi connectivity index (χ4n) is 4.41. The molecule has 160 valence electrons. The van der Waals surface area contributed by atoms with Crippen molar-refractivity contribution in [2.75, 3.05) is 57.3 Å². The normalized spacial score (nSPS) is 19.7. The topological polar surface area (TPSA) is 30.0 Å². The third-order valence-corrected chi connectivity index (χ3v) is 6.34. The van der Waals surface area contributed by atoms with Gasteiger partial charge in [0.05, 0.1) is 6.04 Å². The highest BCUT2D eigenvalue weighted by molar-refractivity contribution is 5.81. The van der Waals surface area contributed by atoms with Gasteiger partial charge in [-0.05, 0) is 36.8 Å². The third kappa shape index (κ3) is 4.99. The van der Waals surface area contributed by atoms with Crippen LogP contribution in [0.15, 0.2) is 54.6 Å². The lowest BCUT2D eigenvalue weighted by Gasteiger charge is -2.41. The summed E-state index contributed by atoms with van der Waals surface area (Å²) in [6.07, 6.45) is 0. The molecule has 4 rings (SSSR count). The molecule has 0 saturated carbocycles. The summed E-state index contributed by atoms with van der Waals surface area (Å²) in [6.45, 7) is 9.82. The van der Waals surface area contributed by atoms with Crippen LogP contribution < -0.4 is 4.90 Å². The number of rotatable bonds is 5. The number of hydrogen-bond donors (Lipinski definition) is 0. The van der Waals surface area contributed by atoms with E-state index in [2.05, 4.69) is 39.0 Å². The highest BCUT2D eigenvalue weighted by atomic mass is 19.1. The monoisotopic (exact) mass is 410 g/mol.